The fraction of sp³-hybridized carbons (Fsp3) is 0.571. The van der Waals surface area contributed by atoms with Gasteiger partial charge in [-0.2, -0.15) is 0 Å². The summed E-state index contributed by atoms with van der Waals surface area (Å²) >= 11 is 0. The van der Waals surface area contributed by atoms with Crippen LogP contribution in [0, 0.1) is 6.92 Å². The van der Waals surface area contributed by atoms with Crippen LogP contribution in [0.5, 0.6) is 0 Å². The lowest BCUT2D eigenvalue weighted by molar-refractivity contribution is -0.142. The minimum absolute atomic E-state index is 0.0312. The van der Waals surface area contributed by atoms with Gasteiger partial charge in [0.05, 0.1) is 0 Å². The molecule has 0 bridgehead atoms. The first-order valence-electron chi connectivity index (χ1n) is 15.7. The smallest absolute Gasteiger partial charge is 0.408 e. The maximum atomic E-state index is 14.6. The van der Waals surface area contributed by atoms with Crippen LogP contribution in [0.1, 0.15) is 109 Å². The topological polar surface area (TPSA) is 87.7 Å². The van der Waals surface area contributed by atoms with Crippen LogP contribution in [0.15, 0.2) is 54.6 Å². The molecule has 2 rings (SSSR count). The van der Waals surface area contributed by atoms with Crippen LogP contribution >= 0.6 is 0 Å². The highest BCUT2D eigenvalue weighted by atomic mass is 16.6. The van der Waals surface area contributed by atoms with E-state index in [-0.39, 0.29) is 24.3 Å². The van der Waals surface area contributed by atoms with Crippen LogP contribution in [-0.4, -0.2) is 47.0 Å². The van der Waals surface area contributed by atoms with E-state index in [0.29, 0.717) is 6.54 Å². The van der Waals surface area contributed by atoms with Crippen molar-refractivity contribution in [3.8, 4) is 0 Å². The van der Waals surface area contributed by atoms with Gasteiger partial charge in [0.15, 0.2) is 0 Å². The predicted molar refractivity (Wildman–Crippen MR) is 170 cm³/mol. The maximum absolute atomic E-state index is 14.6. The molecule has 2 aromatic carbocycles. The number of alkyl carbamates (subject to hydrolysis) is 1. The fourth-order valence-corrected chi connectivity index (χ4v) is 5.09. The Hall–Kier alpha value is -3.35. The molecule has 42 heavy (non-hydrogen) atoms. The molecule has 0 spiro atoms. The van der Waals surface area contributed by atoms with Gasteiger partial charge in [-0.3, -0.25) is 9.59 Å². The number of nitrogens with one attached hydrogen (secondary N) is 2. The second kappa shape index (κ2) is 17.6. The molecule has 0 aliphatic carbocycles. The van der Waals surface area contributed by atoms with Crippen LogP contribution in [0.4, 0.5) is 4.79 Å². The zero-order valence-corrected chi connectivity index (χ0v) is 26.9. The predicted octanol–water partition coefficient (Wildman–Crippen LogP) is 7.28. The molecule has 232 valence electrons. The van der Waals surface area contributed by atoms with Crippen molar-refractivity contribution in [3.63, 3.8) is 0 Å². The number of aryl methyl sites for hydroxylation is 1. The Kier molecular flexibility index (Phi) is 14.6. The Balaban J connectivity index is 2.54. The lowest BCUT2D eigenvalue weighted by Gasteiger charge is -2.35. The van der Waals surface area contributed by atoms with Crippen molar-refractivity contribution in [3.05, 3.63) is 71.3 Å². The van der Waals surface area contributed by atoms with Gasteiger partial charge >= 0.3 is 6.09 Å². The number of unbranched alkanes of at least 4 members (excludes halogenated alkanes) is 4. The number of carbonyl (C=O) groups excluding carboxylic acids is 3. The SMILES string of the molecule is CCCCCCCN(C(=O)C(Cc1ccccc1)NC(=O)OC(C)(C)C)C(C(=O)NC(C)CCC)c1cccc(C)c1. The van der Waals surface area contributed by atoms with E-state index in [1.807, 2.05) is 68.4 Å². The number of amides is 3. The quantitative estimate of drug-likeness (QED) is 0.205. The van der Waals surface area contributed by atoms with E-state index in [0.717, 1.165) is 61.6 Å². The summed E-state index contributed by atoms with van der Waals surface area (Å²) in [6.07, 6.45) is 6.42. The molecule has 0 fully saturated rings. The molecule has 0 aliphatic heterocycles. The largest absolute Gasteiger partial charge is 0.444 e. The highest BCUT2D eigenvalue weighted by Crippen LogP contribution is 2.26. The molecule has 3 unspecified atom stereocenters. The number of hydrogen-bond acceptors (Lipinski definition) is 4. The van der Waals surface area contributed by atoms with E-state index < -0.39 is 23.8 Å². The molecule has 3 atom stereocenters. The molecule has 2 N–H and O–H groups in total. The van der Waals surface area contributed by atoms with Crippen LogP contribution in [-0.2, 0) is 20.7 Å². The number of carbonyl (C=O) groups is 3. The van der Waals surface area contributed by atoms with E-state index in [1.165, 1.54) is 0 Å². The molecule has 0 heterocycles. The maximum Gasteiger partial charge on any atom is 0.408 e. The molecule has 0 aromatic heterocycles. The van der Waals surface area contributed by atoms with Gasteiger partial charge in [0.25, 0.3) is 0 Å². The Bertz CT molecular complexity index is 1110. The second-order valence-corrected chi connectivity index (χ2v) is 12.3. The van der Waals surface area contributed by atoms with E-state index in [4.69, 9.17) is 4.74 Å². The molecule has 0 saturated carbocycles. The van der Waals surface area contributed by atoms with Crippen molar-refractivity contribution in [1.82, 2.24) is 15.5 Å². The molecule has 7 heteroatoms. The van der Waals surface area contributed by atoms with Crippen molar-refractivity contribution in [2.45, 2.75) is 124 Å². The van der Waals surface area contributed by atoms with Gasteiger partial charge in [0.2, 0.25) is 11.8 Å². The average Bonchev–Trinajstić information content (AvgIpc) is 2.91. The summed E-state index contributed by atoms with van der Waals surface area (Å²) in [4.78, 5) is 43.2. The first-order valence-corrected chi connectivity index (χ1v) is 15.7. The number of ether oxygens (including phenoxy) is 1. The summed E-state index contributed by atoms with van der Waals surface area (Å²) in [6, 6.07) is 15.6. The number of hydrogen-bond donors (Lipinski definition) is 2. The minimum Gasteiger partial charge on any atom is -0.444 e. The summed E-state index contributed by atoms with van der Waals surface area (Å²) in [5.41, 5.74) is 1.95. The van der Waals surface area contributed by atoms with E-state index in [1.54, 1.807) is 25.7 Å². The van der Waals surface area contributed by atoms with Crippen molar-refractivity contribution < 1.29 is 19.1 Å². The minimum atomic E-state index is -0.911. The molecule has 0 saturated heterocycles. The Morgan fingerprint density at radius 2 is 1.57 bits per heavy atom. The summed E-state index contributed by atoms with van der Waals surface area (Å²) in [6.45, 7) is 14.0. The van der Waals surface area contributed by atoms with Crippen molar-refractivity contribution in [2.75, 3.05) is 6.54 Å². The lowest BCUT2D eigenvalue weighted by Crippen LogP contribution is -2.54. The Morgan fingerprint density at radius 1 is 0.881 bits per heavy atom. The average molecular weight is 580 g/mol. The number of benzene rings is 2. The van der Waals surface area contributed by atoms with Gasteiger partial charge in [-0.05, 0) is 58.6 Å². The monoisotopic (exact) mass is 579 g/mol. The van der Waals surface area contributed by atoms with Crippen molar-refractivity contribution in [1.29, 1.82) is 0 Å². The van der Waals surface area contributed by atoms with Crippen LogP contribution in [0.25, 0.3) is 0 Å². The Labute approximate surface area is 253 Å². The first-order chi connectivity index (χ1) is 19.9. The molecular weight excluding hydrogens is 526 g/mol. The second-order valence-electron chi connectivity index (χ2n) is 12.3. The Morgan fingerprint density at radius 3 is 2.19 bits per heavy atom. The molecular formula is C35H53N3O4. The van der Waals surface area contributed by atoms with Gasteiger partial charge in [0, 0.05) is 19.0 Å². The summed E-state index contributed by atoms with van der Waals surface area (Å²) < 4.78 is 5.55. The van der Waals surface area contributed by atoms with Crippen molar-refractivity contribution >= 4 is 17.9 Å². The first kappa shape index (κ1) is 34.8. The summed E-state index contributed by atoms with van der Waals surface area (Å²) in [5, 5.41) is 6.01. The van der Waals surface area contributed by atoms with Gasteiger partial charge < -0.3 is 20.3 Å². The summed E-state index contributed by atoms with van der Waals surface area (Å²) in [5.74, 6) is -0.510. The molecule has 3 amide bonds. The van der Waals surface area contributed by atoms with Crippen LogP contribution in [0.2, 0.25) is 0 Å². The van der Waals surface area contributed by atoms with Gasteiger partial charge in [-0.25, -0.2) is 4.79 Å². The van der Waals surface area contributed by atoms with Crippen LogP contribution < -0.4 is 10.6 Å². The summed E-state index contributed by atoms with van der Waals surface area (Å²) in [7, 11) is 0. The zero-order valence-electron chi connectivity index (χ0n) is 26.9. The number of nitrogens with zero attached hydrogens (tertiary/aromatic N) is 1. The van der Waals surface area contributed by atoms with E-state index >= 15 is 0 Å². The molecule has 0 radical (unpaired) electrons. The normalized spacial score (nSPS) is 13.5. The van der Waals surface area contributed by atoms with Crippen molar-refractivity contribution in [2.24, 2.45) is 0 Å². The highest BCUT2D eigenvalue weighted by Gasteiger charge is 2.36. The highest BCUT2D eigenvalue weighted by molar-refractivity contribution is 5.92. The van der Waals surface area contributed by atoms with E-state index in [2.05, 4.69) is 24.5 Å². The molecule has 2 aromatic rings. The standard InChI is InChI=1S/C35H53N3O4/c1-8-10-11-12-16-23-38(31(29-22-17-19-26(3)24-29)32(39)36-27(4)18-9-2)33(40)30(25-28-20-14-13-15-21-28)37-34(41)42-35(5,6)7/h13-15,17,19-22,24,27,30-31H,8-12,16,18,23,25H2,1-7H3,(H,36,39)(H,37,41). The van der Waals surface area contributed by atoms with Gasteiger partial charge in [-0.1, -0.05) is 106 Å². The molecule has 0 aliphatic rings. The van der Waals surface area contributed by atoms with E-state index in [9.17, 15) is 14.4 Å². The third-order valence-corrected chi connectivity index (χ3v) is 7.09. The zero-order chi connectivity index (χ0) is 31.1. The van der Waals surface area contributed by atoms with Crippen LogP contribution in [0.3, 0.4) is 0 Å². The fourth-order valence-electron chi connectivity index (χ4n) is 5.09. The number of rotatable bonds is 16. The lowest BCUT2D eigenvalue weighted by atomic mass is 9.98. The third kappa shape index (κ3) is 12.3. The molecule has 7 nitrogen and oxygen atoms in total. The van der Waals surface area contributed by atoms with Gasteiger partial charge in [-0.15, -0.1) is 0 Å². The van der Waals surface area contributed by atoms with Gasteiger partial charge in [0.1, 0.15) is 17.7 Å². The third-order valence-electron chi connectivity index (χ3n) is 7.09.